The number of hydrogen-bond acceptors (Lipinski definition) is 4. The summed E-state index contributed by atoms with van der Waals surface area (Å²) in [5.74, 6) is 0.0687. The molecule has 0 radical (unpaired) electrons. The van der Waals surface area contributed by atoms with Crippen LogP contribution < -0.4 is 10.6 Å². The molecule has 0 aliphatic carbocycles. The lowest BCUT2D eigenvalue weighted by atomic mass is 9.98. The Morgan fingerprint density at radius 1 is 1.42 bits per heavy atom. The van der Waals surface area contributed by atoms with E-state index in [-0.39, 0.29) is 11.9 Å². The Balaban J connectivity index is 1.84. The van der Waals surface area contributed by atoms with Crippen LogP contribution in [0.25, 0.3) is 0 Å². The molecular formula is C15H28N2O2. The second-order valence-corrected chi connectivity index (χ2v) is 6.03. The van der Waals surface area contributed by atoms with Crippen LogP contribution >= 0.6 is 0 Å². The second kappa shape index (κ2) is 6.71. The molecule has 110 valence electrons. The summed E-state index contributed by atoms with van der Waals surface area (Å²) >= 11 is 0. The van der Waals surface area contributed by atoms with Gasteiger partial charge in [-0.1, -0.05) is 33.1 Å². The van der Waals surface area contributed by atoms with Crippen LogP contribution in [0.2, 0.25) is 0 Å². The molecule has 2 aliphatic rings. The van der Waals surface area contributed by atoms with E-state index < -0.39 is 5.72 Å². The molecule has 2 N–H and O–H groups in total. The largest absolute Gasteiger partial charge is 0.442 e. The summed E-state index contributed by atoms with van der Waals surface area (Å²) in [5, 5.41) is 6.84. The number of carbonyl (C=O) groups is 1. The zero-order valence-electron chi connectivity index (χ0n) is 12.3. The van der Waals surface area contributed by atoms with Gasteiger partial charge >= 0.3 is 5.97 Å². The Kier molecular flexibility index (Phi) is 5.22. The Hall–Kier alpha value is -0.610. The number of hydrogen-bond donors (Lipinski definition) is 2. The van der Waals surface area contributed by atoms with Gasteiger partial charge < -0.3 is 10.1 Å². The van der Waals surface area contributed by atoms with Gasteiger partial charge in [0, 0.05) is 25.6 Å². The van der Waals surface area contributed by atoms with Crippen molar-refractivity contribution >= 4 is 5.97 Å². The van der Waals surface area contributed by atoms with Crippen LogP contribution in [0, 0.1) is 5.92 Å². The molecule has 2 fully saturated rings. The SMILES string of the molecule is CCCCCC(CC)C(=O)OC12CCC(CNC1)N2. The zero-order chi connectivity index (χ0) is 13.7. The Morgan fingerprint density at radius 2 is 2.26 bits per heavy atom. The molecule has 0 aromatic carbocycles. The first-order valence-electron chi connectivity index (χ1n) is 7.90. The topological polar surface area (TPSA) is 50.4 Å². The molecule has 19 heavy (non-hydrogen) atoms. The third-order valence-electron chi connectivity index (χ3n) is 4.44. The van der Waals surface area contributed by atoms with Crippen molar-refractivity contribution in [3.63, 3.8) is 0 Å². The number of fused-ring (bicyclic) bond motifs is 2. The highest BCUT2D eigenvalue weighted by Gasteiger charge is 2.45. The van der Waals surface area contributed by atoms with Gasteiger partial charge in [-0.2, -0.15) is 0 Å². The highest BCUT2D eigenvalue weighted by molar-refractivity contribution is 5.73. The molecule has 0 aromatic rings. The standard InChI is InChI=1S/C15H28N2O2/c1-3-5-6-7-12(4-2)14(18)19-15-9-8-13(17-15)10-16-11-15/h12-13,16-17H,3-11H2,1-2H3. The number of piperazine rings is 1. The fraction of sp³-hybridized carbons (Fsp3) is 0.933. The molecule has 2 bridgehead atoms. The lowest BCUT2D eigenvalue weighted by Gasteiger charge is -2.35. The van der Waals surface area contributed by atoms with Gasteiger partial charge in [0.15, 0.2) is 5.72 Å². The summed E-state index contributed by atoms with van der Waals surface area (Å²) in [4.78, 5) is 12.3. The van der Waals surface area contributed by atoms with Crippen LogP contribution in [0.1, 0.15) is 58.8 Å². The number of ether oxygens (including phenoxy) is 1. The molecule has 2 rings (SSSR count). The van der Waals surface area contributed by atoms with Crippen molar-refractivity contribution < 1.29 is 9.53 Å². The summed E-state index contributed by atoms with van der Waals surface area (Å²) in [6.07, 6.45) is 7.44. The summed E-state index contributed by atoms with van der Waals surface area (Å²) < 4.78 is 5.84. The van der Waals surface area contributed by atoms with Crippen molar-refractivity contribution in [2.75, 3.05) is 13.1 Å². The van der Waals surface area contributed by atoms with Crippen LogP contribution in [0.15, 0.2) is 0 Å². The van der Waals surface area contributed by atoms with Gasteiger partial charge in [-0.05, 0) is 19.3 Å². The number of rotatable bonds is 7. The third-order valence-corrected chi connectivity index (χ3v) is 4.44. The van der Waals surface area contributed by atoms with Crippen molar-refractivity contribution in [1.82, 2.24) is 10.6 Å². The first-order chi connectivity index (χ1) is 9.19. The molecular weight excluding hydrogens is 240 g/mol. The Morgan fingerprint density at radius 3 is 3.00 bits per heavy atom. The van der Waals surface area contributed by atoms with Gasteiger partial charge in [-0.25, -0.2) is 0 Å². The number of unbranched alkanes of at least 4 members (excludes halogenated alkanes) is 2. The van der Waals surface area contributed by atoms with Gasteiger partial charge in [0.2, 0.25) is 0 Å². The van der Waals surface area contributed by atoms with Gasteiger partial charge in [0.05, 0.1) is 5.92 Å². The third kappa shape index (κ3) is 3.69. The molecule has 3 unspecified atom stereocenters. The maximum atomic E-state index is 12.3. The van der Waals surface area contributed by atoms with E-state index in [0.29, 0.717) is 6.04 Å². The van der Waals surface area contributed by atoms with Crippen molar-refractivity contribution in [3.8, 4) is 0 Å². The fourth-order valence-corrected chi connectivity index (χ4v) is 3.19. The minimum absolute atomic E-state index is 0.00421. The minimum atomic E-state index is -0.418. The first kappa shape index (κ1) is 14.8. The molecule has 0 saturated carbocycles. The Labute approximate surface area is 116 Å². The van der Waals surface area contributed by atoms with Crippen molar-refractivity contribution in [3.05, 3.63) is 0 Å². The quantitative estimate of drug-likeness (QED) is 0.549. The van der Waals surface area contributed by atoms with E-state index in [9.17, 15) is 4.79 Å². The molecule has 3 atom stereocenters. The van der Waals surface area contributed by atoms with Crippen molar-refractivity contribution in [2.45, 2.75) is 70.6 Å². The summed E-state index contributed by atoms with van der Waals surface area (Å²) in [5.41, 5.74) is -0.418. The lowest BCUT2D eigenvalue weighted by molar-refractivity contribution is -0.168. The average Bonchev–Trinajstić information content (AvgIpc) is 2.69. The first-order valence-corrected chi connectivity index (χ1v) is 7.90. The number of esters is 1. The minimum Gasteiger partial charge on any atom is -0.442 e. The monoisotopic (exact) mass is 268 g/mol. The second-order valence-electron chi connectivity index (χ2n) is 6.03. The normalized spacial score (nSPS) is 31.2. The number of nitrogens with one attached hydrogen (secondary N) is 2. The van der Waals surface area contributed by atoms with Crippen LogP contribution in [0.5, 0.6) is 0 Å². The van der Waals surface area contributed by atoms with Gasteiger partial charge in [0.25, 0.3) is 0 Å². The average molecular weight is 268 g/mol. The molecule has 2 saturated heterocycles. The van der Waals surface area contributed by atoms with Gasteiger partial charge in [0.1, 0.15) is 0 Å². The van der Waals surface area contributed by atoms with E-state index in [0.717, 1.165) is 45.2 Å². The molecule has 4 nitrogen and oxygen atoms in total. The molecule has 4 heteroatoms. The van der Waals surface area contributed by atoms with E-state index in [1.807, 2.05) is 0 Å². The molecule has 0 amide bonds. The Bertz CT molecular complexity index is 305. The molecule has 2 aliphatic heterocycles. The van der Waals surface area contributed by atoms with E-state index in [1.54, 1.807) is 0 Å². The van der Waals surface area contributed by atoms with Crippen molar-refractivity contribution in [1.29, 1.82) is 0 Å². The molecule has 0 spiro atoms. The van der Waals surface area contributed by atoms with E-state index in [1.165, 1.54) is 12.8 Å². The van der Waals surface area contributed by atoms with E-state index in [4.69, 9.17) is 4.74 Å². The van der Waals surface area contributed by atoms with Crippen molar-refractivity contribution in [2.24, 2.45) is 5.92 Å². The zero-order valence-corrected chi connectivity index (χ0v) is 12.3. The predicted octanol–water partition coefficient (Wildman–Crippen LogP) is 2.19. The van der Waals surface area contributed by atoms with Gasteiger partial charge in [-0.15, -0.1) is 0 Å². The number of carbonyl (C=O) groups excluding carboxylic acids is 1. The van der Waals surface area contributed by atoms with E-state index in [2.05, 4.69) is 24.5 Å². The highest BCUT2D eigenvalue weighted by atomic mass is 16.6. The summed E-state index contributed by atoms with van der Waals surface area (Å²) in [7, 11) is 0. The maximum absolute atomic E-state index is 12.3. The maximum Gasteiger partial charge on any atom is 0.310 e. The van der Waals surface area contributed by atoms with Gasteiger partial charge in [-0.3, -0.25) is 10.1 Å². The van der Waals surface area contributed by atoms with Crippen LogP contribution in [0.4, 0.5) is 0 Å². The molecule has 0 aromatic heterocycles. The predicted molar refractivity (Wildman–Crippen MR) is 75.8 cm³/mol. The summed E-state index contributed by atoms with van der Waals surface area (Å²) in [6.45, 7) is 6.02. The highest BCUT2D eigenvalue weighted by Crippen LogP contribution is 2.29. The smallest absolute Gasteiger partial charge is 0.310 e. The van der Waals surface area contributed by atoms with Crippen LogP contribution in [-0.4, -0.2) is 30.8 Å². The van der Waals surface area contributed by atoms with Crippen LogP contribution in [0.3, 0.4) is 0 Å². The van der Waals surface area contributed by atoms with E-state index >= 15 is 0 Å². The van der Waals surface area contributed by atoms with Crippen LogP contribution in [-0.2, 0) is 9.53 Å². The lowest BCUT2D eigenvalue weighted by Crippen LogP contribution is -2.60. The molecule has 2 heterocycles. The summed E-state index contributed by atoms with van der Waals surface area (Å²) in [6, 6.07) is 0.474. The fourth-order valence-electron chi connectivity index (χ4n) is 3.19.